The van der Waals surface area contributed by atoms with Gasteiger partial charge in [0, 0.05) is 18.8 Å². The minimum absolute atomic E-state index is 0.146. The van der Waals surface area contributed by atoms with E-state index < -0.39 is 30.6 Å². The van der Waals surface area contributed by atoms with E-state index in [4.69, 9.17) is 9.84 Å². The fourth-order valence-corrected chi connectivity index (χ4v) is 3.10. The van der Waals surface area contributed by atoms with Gasteiger partial charge in [-0.25, -0.2) is 0 Å². The number of allylic oxidation sites excluding steroid dienone is 2. The summed E-state index contributed by atoms with van der Waals surface area (Å²) in [6, 6.07) is 0. The van der Waals surface area contributed by atoms with E-state index >= 15 is 0 Å². The zero-order valence-corrected chi connectivity index (χ0v) is 15.7. The van der Waals surface area contributed by atoms with Gasteiger partial charge in [0.15, 0.2) is 6.29 Å². The van der Waals surface area contributed by atoms with Gasteiger partial charge in [-0.2, -0.15) is 0 Å². The average Bonchev–Trinajstić information content (AvgIpc) is 2.57. The maximum absolute atomic E-state index is 10.5. The second kappa shape index (κ2) is 13.0. The third kappa shape index (κ3) is 9.48. The van der Waals surface area contributed by atoms with Gasteiger partial charge in [0.25, 0.3) is 0 Å². The second-order valence-corrected chi connectivity index (χ2v) is 6.96. The molecule has 0 radical (unpaired) electrons. The Bertz CT molecular complexity index is 448. The minimum Gasteiger partial charge on any atom is -0.481 e. The molecule has 1 heterocycles. The summed E-state index contributed by atoms with van der Waals surface area (Å²) in [6.07, 6.45) is 10.5. The predicted octanol–water partition coefficient (Wildman–Crippen LogP) is 2.77. The van der Waals surface area contributed by atoms with Crippen LogP contribution >= 0.6 is 0 Å². The van der Waals surface area contributed by atoms with Gasteiger partial charge in [0.2, 0.25) is 0 Å². The molecule has 0 bridgehead atoms. The number of hydrogen-bond acceptors (Lipinski definition) is 5. The molecule has 0 saturated carbocycles. The molecule has 0 aromatic carbocycles. The number of aliphatic carboxylic acids is 1. The van der Waals surface area contributed by atoms with Crippen molar-refractivity contribution >= 4 is 5.97 Å². The van der Waals surface area contributed by atoms with Crippen LogP contribution in [0.5, 0.6) is 0 Å². The van der Waals surface area contributed by atoms with Gasteiger partial charge in [0.05, 0.1) is 18.3 Å². The Morgan fingerprint density at radius 1 is 1.23 bits per heavy atom. The summed E-state index contributed by atoms with van der Waals surface area (Å²) in [5, 5.41) is 38.7. The highest BCUT2D eigenvalue weighted by atomic mass is 16.6. The van der Waals surface area contributed by atoms with Crippen molar-refractivity contribution in [2.24, 2.45) is 5.92 Å². The summed E-state index contributed by atoms with van der Waals surface area (Å²) in [5.74, 6) is -1.00. The van der Waals surface area contributed by atoms with Crippen molar-refractivity contribution in [3.8, 4) is 0 Å². The number of ether oxygens (including phenoxy) is 1. The zero-order valence-electron chi connectivity index (χ0n) is 15.7. The number of carboxylic acid groups (broad SMARTS) is 1. The first-order chi connectivity index (χ1) is 12.4. The van der Waals surface area contributed by atoms with Gasteiger partial charge in [-0.05, 0) is 25.7 Å². The van der Waals surface area contributed by atoms with Crippen molar-refractivity contribution in [1.29, 1.82) is 0 Å². The molecule has 0 aliphatic carbocycles. The highest BCUT2D eigenvalue weighted by Crippen LogP contribution is 2.29. The molecule has 150 valence electrons. The maximum Gasteiger partial charge on any atom is 0.303 e. The number of aliphatic hydroxyl groups is 3. The lowest BCUT2D eigenvalue weighted by Gasteiger charge is -2.36. The number of hydrogen-bond donors (Lipinski definition) is 4. The topological polar surface area (TPSA) is 107 Å². The van der Waals surface area contributed by atoms with Crippen LogP contribution in [-0.4, -0.2) is 51.0 Å². The Hall–Kier alpha value is -1.21. The van der Waals surface area contributed by atoms with E-state index in [9.17, 15) is 20.1 Å². The van der Waals surface area contributed by atoms with Crippen LogP contribution in [0.15, 0.2) is 24.3 Å². The summed E-state index contributed by atoms with van der Waals surface area (Å²) in [6.45, 7) is 2.11. The molecule has 0 aromatic heterocycles. The van der Waals surface area contributed by atoms with Crippen LogP contribution in [0, 0.1) is 5.92 Å². The molecule has 6 heteroatoms. The fourth-order valence-electron chi connectivity index (χ4n) is 3.10. The third-order valence-corrected chi connectivity index (χ3v) is 4.64. The lowest BCUT2D eigenvalue weighted by atomic mass is 9.87. The largest absolute Gasteiger partial charge is 0.481 e. The number of rotatable bonds is 12. The van der Waals surface area contributed by atoms with E-state index in [0.29, 0.717) is 25.7 Å². The standard InChI is InChI=1S/C20H34O6/c1-2-3-6-9-15(21)12-13-18-16(17(22)14-20(25)26-18)10-7-4-5-8-11-19(23)24/h4,7,12-13,15-18,20-22,25H,2-3,5-6,8-11,14H2,1H3,(H,23,24)/b7-4-,13-12+/t15-,16-,17?,18?,20?/m0/s1. The van der Waals surface area contributed by atoms with E-state index in [1.54, 1.807) is 12.2 Å². The highest BCUT2D eigenvalue weighted by molar-refractivity contribution is 5.66. The van der Waals surface area contributed by atoms with Crippen LogP contribution in [0.1, 0.15) is 64.7 Å². The third-order valence-electron chi connectivity index (χ3n) is 4.64. The lowest BCUT2D eigenvalue weighted by molar-refractivity contribution is -0.199. The Kier molecular flexibility index (Phi) is 11.4. The van der Waals surface area contributed by atoms with Gasteiger partial charge in [-0.3, -0.25) is 4.79 Å². The molecule has 0 aromatic rings. The van der Waals surface area contributed by atoms with E-state index in [0.717, 1.165) is 19.3 Å². The molecule has 3 unspecified atom stereocenters. The van der Waals surface area contributed by atoms with E-state index in [1.807, 2.05) is 12.2 Å². The van der Waals surface area contributed by atoms with Gasteiger partial charge in [0.1, 0.15) is 0 Å². The van der Waals surface area contributed by atoms with Crippen LogP contribution < -0.4 is 0 Å². The van der Waals surface area contributed by atoms with Crippen molar-refractivity contribution in [3.63, 3.8) is 0 Å². The van der Waals surface area contributed by atoms with Crippen LogP contribution in [0.3, 0.4) is 0 Å². The number of aliphatic hydroxyl groups excluding tert-OH is 3. The SMILES string of the molecule is CCCCC[C@H](O)/C=C/C1OC(O)CC(O)[C@@H]1C/C=C\CCCC(=O)O. The monoisotopic (exact) mass is 370 g/mol. The first kappa shape index (κ1) is 22.8. The number of unbranched alkanes of at least 4 members (excludes halogenated alkanes) is 3. The summed E-state index contributed by atoms with van der Waals surface area (Å²) in [4.78, 5) is 10.5. The molecule has 6 nitrogen and oxygen atoms in total. The van der Waals surface area contributed by atoms with Gasteiger partial charge in [-0.15, -0.1) is 0 Å². The van der Waals surface area contributed by atoms with Gasteiger partial charge >= 0.3 is 5.97 Å². The van der Waals surface area contributed by atoms with Gasteiger partial charge < -0.3 is 25.2 Å². The van der Waals surface area contributed by atoms with Crippen molar-refractivity contribution in [2.45, 2.75) is 89.3 Å². The molecule has 1 aliphatic heterocycles. The molecular formula is C20H34O6. The molecule has 1 rings (SSSR count). The first-order valence-corrected chi connectivity index (χ1v) is 9.68. The summed E-state index contributed by atoms with van der Waals surface area (Å²) < 4.78 is 5.54. The summed E-state index contributed by atoms with van der Waals surface area (Å²) >= 11 is 0. The van der Waals surface area contributed by atoms with E-state index in [1.165, 1.54) is 0 Å². The highest BCUT2D eigenvalue weighted by Gasteiger charge is 2.35. The fraction of sp³-hybridized carbons (Fsp3) is 0.750. The molecule has 26 heavy (non-hydrogen) atoms. The van der Waals surface area contributed by atoms with E-state index in [2.05, 4.69) is 6.92 Å². The smallest absolute Gasteiger partial charge is 0.303 e. The second-order valence-electron chi connectivity index (χ2n) is 6.96. The average molecular weight is 370 g/mol. The Labute approximate surface area is 156 Å². The van der Waals surface area contributed by atoms with Crippen molar-refractivity contribution in [1.82, 2.24) is 0 Å². The van der Waals surface area contributed by atoms with Crippen molar-refractivity contribution in [2.75, 3.05) is 0 Å². The molecule has 1 aliphatic rings. The Morgan fingerprint density at radius 3 is 2.69 bits per heavy atom. The van der Waals surface area contributed by atoms with Crippen LogP contribution in [0.25, 0.3) is 0 Å². The first-order valence-electron chi connectivity index (χ1n) is 9.68. The molecular weight excluding hydrogens is 336 g/mol. The summed E-state index contributed by atoms with van der Waals surface area (Å²) in [5.41, 5.74) is 0. The lowest BCUT2D eigenvalue weighted by Crippen LogP contribution is -2.43. The maximum atomic E-state index is 10.5. The van der Waals surface area contributed by atoms with Crippen LogP contribution in [0.4, 0.5) is 0 Å². The van der Waals surface area contributed by atoms with Gasteiger partial charge in [-0.1, -0.05) is 50.5 Å². The van der Waals surface area contributed by atoms with E-state index in [-0.39, 0.29) is 18.8 Å². The Morgan fingerprint density at radius 2 is 2.00 bits per heavy atom. The molecule has 1 fully saturated rings. The normalized spacial score (nSPS) is 28.0. The number of carboxylic acids is 1. The van der Waals surface area contributed by atoms with Crippen molar-refractivity contribution in [3.05, 3.63) is 24.3 Å². The molecule has 1 saturated heterocycles. The minimum atomic E-state index is -1.01. The molecule has 0 amide bonds. The quantitative estimate of drug-likeness (QED) is 0.311. The number of carbonyl (C=O) groups is 1. The Balaban J connectivity index is 2.52. The summed E-state index contributed by atoms with van der Waals surface area (Å²) in [7, 11) is 0. The molecule has 0 spiro atoms. The zero-order chi connectivity index (χ0) is 19.4. The van der Waals surface area contributed by atoms with Crippen LogP contribution in [0.2, 0.25) is 0 Å². The van der Waals surface area contributed by atoms with Crippen LogP contribution in [-0.2, 0) is 9.53 Å². The molecule has 5 atom stereocenters. The predicted molar refractivity (Wildman–Crippen MR) is 99.5 cm³/mol. The van der Waals surface area contributed by atoms with Crippen molar-refractivity contribution < 1.29 is 30.0 Å². The molecule has 4 N–H and O–H groups in total.